The molecule has 0 aliphatic heterocycles. The summed E-state index contributed by atoms with van der Waals surface area (Å²) >= 11 is 0.843. The Hall–Kier alpha value is -2.37. The maximum absolute atomic E-state index is 14.3. The van der Waals surface area contributed by atoms with Gasteiger partial charge in [0.05, 0.1) is 11.3 Å². The van der Waals surface area contributed by atoms with Gasteiger partial charge < -0.3 is 0 Å². The largest absolute Gasteiger partial charge is 0.404 e. The summed E-state index contributed by atoms with van der Waals surface area (Å²) in [6.07, 6.45) is -2.14. The van der Waals surface area contributed by atoms with Crippen LogP contribution in [-0.4, -0.2) is 17.2 Å². The van der Waals surface area contributed by atoms with E-state index >= 15 is 0 Å². The van der Waals surface area contributed by atoms with E-state index in [-0.39, 0.29) is 11.7 Å². The minimum absolute atomic E-state index is 0.0345. The zero-order valence-electron chi connectivity index (χ0n) is 18.1. The number of benzene rings is 1. The quantitative estimate of drug-likeness (QED) is 0.284. The summed E-state index contributed by atoms with van der Waals surface area (Å²) in [5.74, 6) is -0.422. The van der Waals surface area contributed by atoms with Gasteiger partial charge >= 0.3 is 6.18 Å². The highest BCUT2D eigenvalue weighted by Gasteiger charge is 2.35. The number of hydrogen-bond donors (Lipinski definition) is 1. The van der Waals surface area contributed by atoms with Gasteiger partial charge in [0.15, 0.2) is 0 Å². The number of pyridine rings is 1. The highest BCUT2D eigenvalue weighted by molar-refractivity contribution is 7.97. The molecule has 0 saturated heterocycles. The fourth-order valence-corrected chi connectivity index (χ4v) is 3.70. The van der Waals surface area contributed by atoms with Crippen molar-refractivity contribution in [1.82, 2.24) is 9.71 Å². The van der Waals surface area contributed by atoms with Gasteiger partial charge in [0.1, 0.15) is 17.9 Å². The number of alkyl halides is 3. The molecular weight excluding hydrogens is 426 g/mol. The van der Waals surface area contributed by atoms with Crippen molar-refractivity contribution in [2.45, 2.75) is 58.2 Å². The van der Waals surface area contributed by atoms with Crippen LogP contribution in [0.25, 0.3) is 11.1 Å². The van der Waals surface area contributed by atoms with Crippen LogP contribution >= 0.6 is 11.9 Å². The summed E-state index contributed by atoms with van der Waals surface area (Å²) in [6.45, 7) is 8.48. The molecule has 0 saturated carbocycles. The summed E-state index contributed by atoms with van der Waals surface area (Å²) in [4.78, 5) is 4.92. The zero-order valence-corrected chi connectivity index (χ0v) is 18.9. The molecule has 0 bridgehead atoms. The number of hydrogen-bond acceptors (Lipinski definition) is 4. The fourth-order valence-electron chi connectivity index (χ4n) is 3.02. The van der Waals surface area contributed by atoms with Gasteiger partial charge in [-0.1, -0.05) is 19.9 Å². The minimum Gasteiger partial charge on any atom is -0.255 e. The molecule has 2 atom stereocenters. The predicted octanol–water partition coefficient (Wildman–Crippen LogP) is 6.87. The van der Waals surface area contributed by atoms with Crippen LogP contribution in [0.15, 0.2) is 35.4 Å². The van der Waals surface area contributed by atoms with E-state index in [1.54, 1.807) is 25.1 Å². The van der Waals surface area contributed by atoms with Crippen molar-refractivity contribution in [3.63, 3.8) is 0 Å². The molecule has 2 unspecified atom stereocenters. The fraction of sp³-hybridized carbons (Fsp3) is 0.391. The topological polar surface area (TPSA) is 48.7 Å². The van der Waals surface area contributed by atoms with Crippen LogP contribution in [0.4, 0.5) is 17.6 Å². The molecule has 1 heterocycles. The first-order chi connectivity index (χ1) is 14.5. The molecule has 8 heteroatoms. The Morgan fingerprint density at radius 3 is 2.39 bits per heavy atom. The summed E-state index contributed by atoms with van der Waals surface area (Å²) in [7, 11) is 0. The third kappa shape index (κ3) is 6.08. The Morgan fingerprint density at radius 1 is 1.19 bits per heavy atom. The molecule has 0 fully saturated rings. The summed E-state index contributed by atoms with van der Waals surface area (Å²) in [5.41, 5.74) is 3.38. The van der Waals surface area contributed by atoms with Crippen LogP contribution in [0.5, 0.6) is 0 Å². The van der Waals surface area contributed by atoms with E-state index in [4.69, 9.17) is 0 Å². The van der Waals surface area contributed by atoms with Crippen molar-refractivity contribution in [2.75, 3.05) is 0 Å². The van der Waals surface area contributed by atoms with Crippen LogP contribution in [-0.2, 0) is 0 Å². The molecule has 1 N–H and O–H groups in total. The van der Waals surface area contributed by atoms with Crippen molar-refractivity contribution in [3.8, 4) is 6.07 Å². The normalized spacial score (nSPS) is 14.6. The minimum atomic E-state index is -4.34. The molecule has 1 aromatic carbocycles. The Labute approximate surface area is 184 Å². The SMILES string of the molecule is CCC(C)/C(=C(/C#N)c1cc(F)c(C)cc1C)c1ccc(SNC(C)C(F)(F)F)cn1. The lowest BCUT2D eigenvalue weighted by Crippen LogP contribution is -2.35. The van der Waals surface area contributed by atoms with Crippen LogP contribution in [0, 0.1) is 36.9 Å². The van der Waals surface area contributed by atoms with Crippen LogP contribution in [0.2, 0.25) is 0 Å². The Balaban J connectivity index is 2.47. The molecule has 3 nitrogen and oxygen atoms in total. The van der Waals surface area contributed by atoms with Crippen molar-refractivity contribution >= 4 is 23.1 Å². The monoisotopic (exact) mass is 451 g/mol. The second-order valence-electron chi connectivity index (χ2n) is 7.49. The molecule has 0 aliphatic rings. The number of nitrogens with zero attached hydrogens (tertiary/aromatic N) is 2. The van der Waals surface area contributed by atoms with Crippen LogP contribution in [0.1, 0.15) is 49.6 Å². The molecule has 0 spiro atoms. The number of rotatable bonds is 7. The van der Waals surface area contributed by atoms with Crippen molar-refractivity contribution in [2.24, 2.45) is 5.92 Å². The first-order valence-corrected chi connectivity index (χ1v) is 10.7. The van der Waals surface area contributed by atoms with E-state index in [0.29, 0.717) is 32.9 Å². The molecule has 0 aliphatic carbocycles. The smallest absolute Gasteiger partial charge is 0.255 e. The highest BCUT2D eigenvalue weighted by Crippen LogP contribution is 2.35. The Kier molecular flexibility index (Phi) is 8.27. The van der Waals surface area contributed by atoms with Gasteiger partial charge in [-0.3, -0.25) is 4.98 Å². The second kappa shape index (κ2) is 10.3. The molecule has 1 aromatic heterocycles. The lowest BCUT2D eigenvalue weighted by molar-refractivity contribution is -0.146. The summed E-state index contributed by atoms with van der Waals surface area (Å²) < 4.78 is 54.6. The van der Waals surface area contributed by atoms with Crippen molar-refractivity contribution in [3.05, 3.63) is 58.7 Å². The third-order valence-electron chi connectivity index (χ3n) is 5.12. The van der Waals surface area contributed by atoms with E-state index in [2.05, 4.69) is 15.8 Å². The highest BCUT2D eigenvalue weighted by atomic mass is 32.2. The maximum atomic E-state index is 14.3. The van der Waals surface area contributed by atoms with Gasteiger partial charge in [0, 0.05) is 11.1 Å². The molecule has 0 amide bonds. The third-order valence-corrected chi connectivity index (χ3v) is 6.07. The number of nitrogens with one attached hydrogen (secondary N) is 1. The number of allylic oxidation sites excluding steroid dienone is 2. The van der Waals surface area contributed by atoms with Gasteiger partial charge in [-0.2, -0.15) is 18.4 Å². The van der Waals surface area contributed by atoms with Crippen LogP contribution in [0.3, 0.4) is 0 Å². The Bertz CT molecular complexity index is 992. The Morgan fingerprint density at radius 2 is 1.87 bits per heavy atom. The van der Waals surface area contributed by atoms with Gasteiger partial charge in [0.25, 0.3) is 0 Å². The lowest BCUT2D eigenvalue weighted by Gasteiger charge is -2.19. The maximum Gasteiger partial charge on any atom is 0.404 e. The number of halogens is 4. The number of nitriles is 1. The standard InChI is InChI=1S/C23H25F4N3S/c1-6-13(2)22(19(11-28)18-10-20(24)15(4)9-14(18)3)21-8-7-17(12-29-21)31-30-16(5)23(25,26)27/h7-10,12-13,16,30H,6H2,1-5H3/b22-19+. The van der Waals surface area contributed by atoms with Crippen molar-refractivity contribution in [1.29, 1.82) is 5.26 Å². The number of aryl methyl sites for hydroxylation is 2. The van der Waals surface area contributed by atoms with E-state index in [1.165, 1.54) is 12.3 Å². The second-order valence-corrected chi connectivity index (χ2v) is 8.40. The van der Waals surface area contributed by atoms with Crippen LogP contribution < -0.4 is 4.72 Å². The van der Waals surface area contributed by atoms with Gasteiger partial charge in [0.2, 0.25) is 0 Å². The lowest BCUT2D eigenvalue weighted by atomic mass is 9.86. The predicted molar refractivity (Wildman–Crippen MR) is 117 cm³/mol. The van der Waals surface area contributed by atoms with E-state index in [0.717, 1.165) is 30.9 Å². The van der Waals surface area contributed by atoms with E-state index in [1.807, 2.05) is 20.8 Å². The molecule has 2 aromatic rings. The van der Waals surface area contributed by atoms with E-state index in [9.17, 15) is 22.8 Å². The van der Waals surface area contributed by atoms with Crippen molar-refractivity contribution < 1.29 is 17.6 Å². The average molecular weight is 452 g/mol. The molecule has 2 rings (SSSR count). The van der Waals surface area contributed by atoms with Gasteiger partial charge in [-0.25, -0.2) is 9.11 Å². The number of aromatic nitrogens is 1. The van der Waals surface area contributed by atoms with Gasteiger partial charge in [-0.05, 0) is 85.5 Å². The average Bonchev–Trinajstić information content (AvgIpc) is 2.72. The first kappa shape index (κ1) is 24.9. The zero-order chi connectivity index (χ0) is 23.3. The first-order valence-electron chi connectivity index (χ1n) is 9.86. The summed E-state index contributed by atoms with van der Waals surface area (Å²) in [5, 5.41) is 9.94. The molecule has 166 valence electrons. The molecule has 31 heavy (non-hydrogen) atoms. The summed E-state index contributed by atoms with van der Waals surface area (Å²) in [6, 6.07) is 6.97. The van der Waals surface area contributed by atoms with Gasteiger partial charge in [-0.15, -0.1) is 0 Å². The molecule has 0 radical (unpaired) electrons. The van der Waals surface area contributed by atoms with E-state index < -0.39 is 12.2 Å². The molecular formula is C23H25F4N3S.